The number of carbonyl (C=O) groups is 2. The highest BCUT2D eigenvalue weighted by atomic mass is 16.6. The molecule has 0 aromatic heterocycles. The molecule has 1 saturated carbocycles. The summed E-state index contributed by atoms with van der Waals surface area (Å²) in [5.41, 5.74) is 0.231. The van der Waals surface area contributed by atoms with E-state index in [1.54, 1.807) is 19.0 Å². The number of hydrogen-bond donors (Lipinski definition) is 1. The van der Waals surface area contributed by atoms with Gasteiger partial charge in [-0.25, -0.2) is 4.79 Å². The Morgan fingerprint density at radius 3 is 2.56 bits per heavy atom. The van der Waals surface area contributed by atoms with Crippen molar-refractivity contribution >= 4 is 23.3 Å². The fraction of sp³-hybridized carbons (Fsp3) is 0.579. The molecule has 0 unspecified atom stereocenters. The molecule has 3 atom stereocenters. The van der Waals surface area contributed by atoms with Gasteiger partial charge < -0.3 is 15.0 Å². The lowest BCUT2D eigenvalue weighted by molar-refractivity contribution is -0.384. The van der Waals surface area contributed by atoms with Crippen LogP contribution >= 0.6 is 0 Å². The number of rotatable bonds is 6. The Balaban J connectivity index is 2.04. The lowest BCUT2D eigenvalue weighted by Crippen LogP contribution is -2.46. The smallest absolute Gasteiger partial charge is 0.339 e. The van der Waals surface area contributed by atoms with Crippen molar-refractivity contribution in [3.63, 3.8) is 0 Å². The molecule has 0 saturated heterocycles. The maximum atomic E-state index is 12.3. The van der Waals surface area contributed by atoms with Crippen LogP contribution in [-0.4, -0.2) is 43.0 Å². The molecule has 148 valence electrons. The van der Waals surface area contributed by atoms with E-state index in [1.165, 1.54) is 31.5 Å². The van der Waals surface area contributed by atoms with Crippen LogP contribution in [0, 0.1) is 16.0 Å². The SMILES string of the molecule is C[C@@H]1CCCC[C@@H]1NC(=O)[C@@H](C)OC(=O)c1ccc(N(C)C)c([N+](=O)[O-])c1. The zero-order chi connectivity index (χ0) is 20.1. The molecule has 1 aliphatic rings. The van der Waals surface area contributed by atoms with Gasteiger partial charge in [-0.15, -0.1) is 0 Å². The highest BCUT2D eigenvalue weighted by molar-refractivity contribution is 5.93. The van der Waals surface area contributed by atoms with Crippen LogP contribution in [0.3, 0.4) is 0 Å². The molecule has 0 aliphatic heterocycles. The monoisotopic (exact) mass is 377 g/mol. The Labute approximate surface area is 159 Å². The minimum atomic E-state index is -0.973. The third-order valence-corrected chi connectivity index (χ3v) is 4.98. The molecule has 1 aliphatic carbocycles. The third kappa shape index (κ3) is 5.18. The van der Waals surface area contributed by atoms with Crippen LogP contribution in [0.1, 0.15) is 49.9 Å². The van der Waals surface area contributed by atoms with Crippen molar-refractivity contribution in [2.24, 2.45) is 5.92 Å². The molecular weight excluding hydrogens is 350 g/mol. The Morgan fingerprint density at radius 1 is 1.30 bits per heavy atom. The fourth-order valence-electron chi connectivity index (χ4n) is 3.29. The van der Waals surface area contributed by atoms with Crippen LogP contribution in [0.25, 0.3) is 0 Å². The number of carbonyl (C=O) groups excluding carboxylic acids is 2. The molecule has 1 fully saturated rings. The van der Waals surface area contributed by atoms with E-state index < -0.39 is 17.0 Å². The van der Waals surface area contributed by atoms with Crippen LogP contribution in [0.15, 0.2) is 18.2 Å². The number of benzene rings is 1. The van der Waals surface area contributed by atoms with Gasteiger partial charge in [0.1, 0.15) is 5.69 Å². The van der Waals surface area contributed by atoms with Gasteiger partial charge in [-0.1, -0.05) is 19.8 Å². The molecule has 8 nitrogen and oxygen atoms in total. The van der Waals surface area contributed by atoms with Crippen LogP contribution in [0.5, 0.6) is 0 Å². The second-order valence-corrected chi connectivity index (χ2v) is 7.28. The molecule has 0 radical (unpaired) electrons. The predicted octanol–water partition coefficient (Wildman–Crippen LogP) is 2.90. The number of nitro benzene ring substituents is 1. The molecule has 8 heteroatoms. The fourth-order valence-corrected chi connectivity index (χ4v) is 3.29. The third-order valence-electron chi connectivity index (χ3n) is 4.98. The second-order valence-electron chi connectivity index (χ2n) is 7.28. The summed E-state index contributed by atoms with van der Waals surface area (Å²) in [5.74, 6) is -0.712. The lowest BCUT2D eigenvalue weighted by atomic mass is 9.86. The standard InChI is InChI=1S/C19H27N3O5/c1-12-7-5-6-8-15(12)20-18(23)13(2)27-19(24)14-9-10-16(21(3)4)17(11-14)22(25)26/h9-13,15H,5-8H2,1-4H3,(H,20,23)/t12-,13-,15+/m1/s1. The van der Waals surface area contributed by atoms with Gasteiger partial charge >= 0.3 is 5.97 Å². The van der Waals surface area contributed by atoms with Crippen molar-refractivity contribution in [3.05, 3.63) is 33.9 Å². The molecule has 1 aromatic rings. The summed E-state index contributed by atoms with van der Waals surface area (Å²) < 4.78 is 5.22. The topological polar surface area (TPSA) is 102 Å². The molecule has 0 bridgehead atoms. The maximum absolute atomic E-state index is 12.3. The Kier molecular flexibility index (Phi) is 6.76. The van der Waals surface area contributed by atoms with Crippen molar-refractivity contribution in [1.29, 1.82) is 0 Å². The largest absolute Gasteiger partial charge is 0.449 e. The first-order valence-corrected chi connectivity index (χ1v) is 9.17. The number of hydrogen-bond acceptors (Lipinski definition) is 6. The lowest BCUT2D eigenvalue weighted by Gasteiger charge is -2.30. The number of ether oxygens (including phenoxy) is 1. The Hall–Kier alpha value is -2.64. The number of esters is 1. The van der Waals surface area contributed by atoms with Crippen LogP contribution in [-0.2, 0) is 9.53 Å². The minimum Gasteiger partial charge on any atom is -0.449 e. The van der Waals surface area contributed by atoms with Gasteiger partial charge in [0, 0.05) is 26.2 Å². The van der Waals surface area contributed by atoms with Crippen LogP contribution in [0.4, 0.5) is 11.4 Å². The van der Waals surface area contributed by atoms with E-state index in [2.05, 4.69) is 12.2 Å². The molecule has 27 heavy (non-hydrogen) atoms. The van der Waals surface area contributed by atoms with Gasteiger partial charge in [0.2, 0.25) is 0 Å². The van der Waals surface area contributed by atoms with Crippen molar-refractivity contribution in [2.75, 3.05) is 19.0 Å². The van der Waals surface area contributed by atoms with Crippen molar-refractivity contribution in [2.45, 2.75) is 51.7 Å². The highest BCUT2D eigenvalue weighted by Gasteiger charge is 2.27. The molecule has 0 heterocycles. The van der Waals surface area contributed by atoms with Crippen molar-refractivity contribution in [3.8, 4) is 0 Å². The molecular formula is C19H27N3O5. The first kappa shape index (κ1) is 20.7. The van der Waals surface area contributed by atoms with Crippen molar-refractivity contribution in [1.82, 2.24) is 5.32 Å². The van der Waals surface area contributed by atoms with E-state index in [1.807, 2.05) is 0 Å². The summed E-state index contributed by atoms with van der Waals surface area (Å²) in [6.07, 6.45) is 3.26. The molecule has 2 rings (SSSR count). The zero-order valence-electron chi connectivity index (χ0n) is 16.2. The van der Waals surface area contributed by atoms with E-state index >= 15 is 0 Å². The van der Waals surface area contributed by atoms with Crippen LogP contribution in [0.2, 0.25) is 0 Å². The molecule has 0 spiro atoms. The number of nitro groups is 1. The van der Waals surface area contributed by atoms with Gasteiger partial charge in [0.05, 0.1) is 10.5 Å². The van der Waals surface area contributed by atoms with E-state index in [-0.39, 0.29) is 23.2 Å². The van der Waals surface area contributed by atoms with E-state index in [4.69, 9.17) is 4.74 Å². The van der Waals surface area contributed by atoms with E-state index in [0.29, 0.717) is 11.6 Å². The van der Waals surface area contributed by atoms with E-state index in [0.717, 1.165) is 19.3 Å². The number of nitrogens with one attached hydrogen (secondary N) is 1. The summed E-state index contributed by atoms with van der Waals surface area (Å²) in [6.45, 7) is 3.61. The van der Waals surface area contributed by atoms with Crippen LogP contribution < -0.4 is 10.2 Å². The number of amides is 1. The van der Waals surface area contributed by atoms with Gasteiger partial charge in [-0.3, -0.25) is 14.9 Å². The molecule has 1 aromatic carbocycles. The maximum Gasteiger partial charge on any atom is 0.339 e. The van der Waals surface area contributed by atoms with Gasteiger partial charge in [0.15, 0.2) is 6.10 Å². The Bertz CT molecular complexity index is 719. The highest BCUT2D eigenvalue weighted by Crippen LogP contribution is 2.28. The van der Waals surface area contributed by atoms with Gasteiger partial charge in [-0.05, 0) is 37.8 Å². The second kappa shape index (κ2) is 8.83. The van der Waals surface area contributed by atoms with E-state index in [9.17, 15) is 19.7 Å². The average molecular weight is 377 g/mol. The quantitative estimate of drug-likeness (QED) is 0.465. The normalized spacial score (nSPS) is 20.4. The van der Waals surface area contributed by atoms with Gasteiger partial charge in [-0.2, -0.15) is 0 Å². The zero-order valence-corrected chi connectivity index (χ0v) is 16.2. The van der Waals surface area contributed by atoms with Gasteiger partial charge in [0.25, 0.3) is 11.6 Å². The average Bonchev–Trinajstić information content (AvgIpc) is 2.62. The predicted molar refractivity (Wildman–Crippen MR) is 102 cm³/mol. The summed E-state index contributed by atoms with van der Waals surface area (Å²) in [5, 5.41) is 14.2. The first-order valence-electron chi connectivity index (χ1n) is 9.17. The first-order chi connectivity index (χ1) is 12.7. The summed E-state index contributed by atoms with van der Waals surface area (Å²) in [6, 6.07) is 4.21. The summed E-state index contributed by atoms with van der Waals surface area (Å²) in [4.78, 5) is 37.0. The number of nitrogens with zero attached hydrogens (tertiary/aromatic N) is 2. The molecule has 1 N–H and O–H groups in total. The Morgan fingerprint density at radius 2 is 1.96 bits per heavy atom. The summed E-state index contributed by atoms with van der Waals surface area (Å²) >= 11 is 0. The number of anilines is 1. The summed E-state index contributed by atoms with van der Waals surface area (Å²) in [7, 11) is 3.36. The molecule has 1 amide bonds. The van der Waals surface area contributed by atoms with Crippen molar-refractivity contribution < 1.29 is 19.2 Å². The minimum absolute atomic E-state index is 0.0398.